The highest BCUT2D eigenvalue weighted by molar-refractivity contribution is 6.02. The van der Waals surface area contributed by atoms with Crippen LogP contribution in [0.25, 0.3) is 5.65 Å². The number of carbonyl (C=O) groups is 1. The van der Waals surface area contributed by atoms with Crippen molar-refractivity contribution >= 4 is 23.1 Å². The van der Waals surface area contributed by atoms with Crippen LogP contribution in [-0.2, 0) is 0 Å². The number of ether oxygens (including phenoxy) is 1. The van der Waals surface area contributed by atoms with Crippen molar-refractivity contribution in [2.45, 2.75) is 19.4 Å². The molecule has 0 saturated carbocycles. The van der Waals surface area contributed by atoms with Gasteiger partial charge >= 0.3 is 0 Å². The number of imidazole rings is 1. The fourth-order valence-electron chi connectivity index (χ4n) is 2.68. The Morgan fingerprint density at radius 2 is 2.11 bits per heavy atom. The van der Waals surface area contributed by atoms with Gasteiger partial charge in [-0.2, -0.15) is 0 Å². The zero-order valence-electron chi connectivity index (χ0n) is 15.2. The molecule has 140 valence electrons. The summed E-state index contributed by atoms with van der Waals surface area (Å²) in [6.07, 6.45) is 5.27. The Morgan fingerprint density at radius 3 is 2.85 bits per heavy atom. The van der Waals surface area contributed by atoms with Gasteiger partial charge in [0.25, 0.3) is 5.91 Å². The molecule has 0 aliphatic heterocycles. The van der Waals surface area contributed by atoms with Crippen molar-refractivity contribution < 1.29 is 9.53 Å². The number of amidine groups is 1. The molecule has 1 amide bonds. The number of nitrogen functional groups attached to an aromatic ring is 2. The van der Waals surface area contributed by atoms with E-state index in [-0.39, 0.29) is 18.3 Å². The summed E-state index contributed by atoms with van der Waals surface area (Å²) in [5.41, 5.74) is 12.7. The molecule has 0 atom stereocenters. The van der Waals surface area contributed by atoms with Crippen molar-refractivity contribution in [2.24, 2.45) is 5.73 Å². The van der Waals surface area contributed by atoms with Crippen LogP contribution in [0.15, 0.2) is 48.9 Å². The molecule has 3 rings (SSSR count). The predicted octanol–water partition coefficient (Wildman–Crippen LogP) is 1.79. The second-order valence-corrected chi connectivity index (χ2v) is 6.87. The van der Waals surface area contributed by atoms with E-state index < -0.39 is 5.54 Å². The van der Waals surface area contributed by atoms with Crippen LogP contribution in [0.4, 0.5) is 5.69 Å². The maximum atomic E-state index is 12.6. The number of benzene rings is 1. The van der Waals surface area contributed by atoms with Gasteiger partial charge in [0, 0.05) is 29.8 Å². The second-order valence-electron chi connectivity index (χ2n) is 6.87. The van der Waals surface area contributed by atoms with Crippen molar-refractivity contribution in [2.75, 3.05) is 12.3 Å². The van der Waals surface area contributed by atoms with Crippen LogP contribution in [0.1, 0.15) is 29.8 Å². The van der Waals surface area contributed by atoms with Crippen LogP contribution in [0.3, 0.4) is 0 Å². The van der Waals surface area contributed by atoms with Crippen LogP contribution in [0.2, 0.25) is 0 Å². The molecule has 0 aliphatic carbocycles. The third-order valence-electron chi connectivity index (χ3n) is 4.03. The second kappa shape index (κ2) is 6.99. The molecule has 8 heteroatoms. The summed E-state index contributed by atoms with van der Waals surface area (Å²) in [7, 11) is 0. The first-order valence-corrected chi connectivity index (χ1v) is 8.38. The maximum Gasteiger partial charge on any atom is 0.251 e. The van der Waals surface area contributed by atoms with Gasteiger partial charge in [0.2, 0.25) is 0 Å². The molecule has 1 aromatic carbocycles. The Hall–Kier alpha value is -3.55. The number of aromatic nitrogens is 2. The first-order valence-electron chi connectivity index (χ1n) is 8.38. The molecule has 0 unspecified atom stereocenters. The van der Waals surface area contributed by atoms with E-state index in [4.69, 9.17) is 21.6 Å². The Labute approximate surface area is 156 Å². The monoisotopic (exact) mass is 366 g/mol. The standard InChI is InChI=1S/C19H22N6O2/c1-19(2,11-27-14-5-3-4-13(20)16(14)17(21)22)24-18(26)12-6-8-25-9-7-23-15(25)10-12/h3-10H,11,20H2,1-2H3,(H3,21,22)(H,24,26). The quantitative estimate of drug-likeness (QED) is 0.300. The Balaban J connectivity index is 1.71. The molecular formula is C19H22N6O2. The van der Waals surface area contributed by atoms with Crippen LogP contribution >= 0.6 is 0 Å². The third-order valence-corrected chi connectivity index (χ3v) is 4.03. The molecule has 8 nitrogen and oxygen atoms in total. The SMILES string of the molecule is CC(C)(COc1cccc(N)c1C(=N)N)NC(=O)c1ccn2ccnc2c1. The van der Waals surface area contributed by atoms with E-state index in [1.54, 1.807) is 42.7 Å². The van der Waals surface area contributed by atoms with Gasteiger partial charge in [-0.25, -0.2) is 4.98 Å². The van der Waals surface area contributed by atoms with Gasteiger partial charge in [-0.15, -0.1) is 0 Å². The van der Waals surface area contributed by atoms with Gasteiger partial charge in [-0.1, -0.05) is 6.07 Å². The number of nitrogens with two attached hydrogens (primary N) is 2. The molecule has 6 N–H and O–H groups in total. The zero-order chi connectivity index (χ0) is 19.6. The molecule has 0 aliphatic rings. The van der Waals surface area contributed by atoms with Crippen LogP contribution in [0, 0.1) is 5.41 Å². The van der Waals surface area contributed by atoms with Gasteiger partial charge in [0.1, 0.15) is 23.8 Å². The van der Waals surface area contributed by atoms with Gasteiger partial charge in [0.15, 0.2) is 0 Å². The molecule has 3 aromatic rings. The molecule has 0 fully saturated rings. The summed E-state index contributed by atoms with van der Waals surface area (Å²) in [4.78, 5) is 16.8. The molecule has 0 saturated heterocycles. The fourth-order valence-corrected chi connectivity index (χ4v) is 2.68. The first kappa shape index (κ1) is 18.2. The van der Waals surface area contributed by atoms with E-state index in [1.807, 2.05) is 24.4 Å². The molecule has 0 bridgehead atoms. The summed E-state index contributed by atoms with van der Waals surface area (Å²) in [5.74, 6) is 0.00929. The number of carbonyl (C=O) groups excluding carboxylic acids is 1. The molecule has 27 heavy (non-hydrogen) atoms. The van der Waals surface area contributed by atoms with Crippen LogP contribution in [-0.4, -0.2) is 33.3 Å². The highest BCUT2D eigenvalue weighted by Crippen LogP contribution is 2.24. The van der Waals surface area contributed by atoms with E-state index in [9.17, 15) is 4.79 Å². The highest BCUT2D eigenvalue weighted by atomic mass is 16.5. The highest BCUT2D eigenvalue weighted by Gasteiger charge is 2.23. The number of anilines is 1. The fraction of sp³-hybridized carbons (Fsp3) is 0.211. The number of amides is 1. The van der Waals surface area contributed by atoms with Gasteiger partial charge in [0.05, 0.1) is 11.1 Å². The first-order chi connectivity index (χ1) is 12.8. The minimum atomic E-state index is -0.669. The van der Waals surface area contributed by atoms with E-state index in [0.717, 1.165) is 0 Å². The summed E-state index contributed by atoms with van der Waals surface area (Å²) in [6, 6.07) is 8.52. The van der Waals surface area contributed by atoms with Crippen molar-refractivity contribution in [3.8, 4) is 5.75 Å². The molecular weight excluding hydrogens is 344 g/mol. The number of nitrogens with zero attached hydrogens (tertiary/aromatic N) is 2. The largest absolute Gasteiger partial charge is 0.490 e. The summed E-state index contributed by atoms with van der Waals surface area (Å²) in [5, 5.41) is 10.6. The van der Waals surface area contributed by atoms with Gasteiger partial charge < -0.3 is 25.9 Å². The lowest BCUT2D eigenvalue weighted by molar-refractivity contribution is 0.0880. The number of hydrogen-bond donors (Lipinski definition) is 4. The lowest BCUT2D eigenvalue weighted by Crippen LogP contribution is -2.48. The number of pyridine rings is 1. The number of fused-ring (bicyclic) bond motifs is 1. The average Bonchev–Trinajstić information content (AvgIpc) is 3.07. The van der Waals surface area contributed by atoms with Crippen molar-refractivity contribution in [3.05, 3.63) is 60.0 Å². The van der Waals surface area contributed by atoms with Crippen molar-refractivity contribution in [1.29, 1.82) is 5.41 Å². The summed E-state index contributed by atoms with van der Waals surface area (Å²) >= 11 is 0. The van der Waals surface area contributed by atoms with E-state index in [0.29, 0.717) is 28.2 Å². The Morgan fingerprint density at radius 1 is 1.33 bits per heavy atom. The van der Waals surface area contributed by atoms with E-state index in [2.05, 4.69) is 10.3 Å². The Kier molecular flexibility index (Phi) is 4.72. The minimum absolute atomic E-state index is 0.169. The number of rotatable bonds is 6. The van der Waals surface area contributed by atoms with Gasteiger partial charge in [-0.05, 0) is 38.1 Å². The lowest BCUT2D eigenvalue weighted by Gasteiger charge is -2.27. The summed E-state index contributed by atoms with van der Waals surface area (Å²) in [6.45, 7) is 3.87. The topological polar surface area (TPSA) is 132 Å². The summed E-state index contributed by atoms with van der Waals surface area (Å²) < 4.78 is 7.63. The normalized spacial score (nSPS) is 11.3. The number of hydrogen-bond acceptors (Lipinski definition) is 5. The zero-order valence-corrected chi connectivity index (χ0v) is 15.2. The van der Waals surface area contributed by atoms with Crippen LogP contribution in [0.5, 0.6) is 5.75 Å². The molecule has 0 radical (unpaired) electrons. The van der Waals surface area contributed by atoms with Crippen LogP contribution < -0.4 is 21.5 Å². The van der Waals surface area contributed by atoms with Crippen molar-refractivity contribution in [1.82, 2.24) is 14.7 Å². The molecule has 0 spiro atoms. The van der Waals surface area contributed by atoms with E-state index >= 15 is 0 Å². The average molecular weight is 366 g/mol. The number of nitrogens with one attached hydrogen (secondary N) is 2. The maximum absolute atomic E-state index is 12.6. The minimum Gasteiger partial charge on any atom is -0.490 e. The van der Waals surface area contributed by atoms with Crippen molar-refractivity contribution in [3.63, 3.8) is 0 Å². The third kappa shape index (κ3) is 4.00. The molecule has 2 heterocycles. The lowest BCUT2D eigenvalue weighted by atomic mass is 10.1. The Bertz CT molecular complexity index is 1010. The van der Waals surface area contributed by atoms with E-state index in [1.165, 1.54) is 0 Å². The predicted molar refractivity (Wildman–Crippen MR) is 104 cm³/mol. The molecule has 2 aromatic heterocycles. The van der Waals surface area contributed by atoms with Gasteiger partial charge in [-0.3, -0.25) is 10.2 Å². The smallest absolute Gasteiger partial charge is 0.251 e.